The van der Waals surface area contributed by atoms with Gasteiger partial charge in [0.15, 0.2) is 6.61 Å². The van der Waals surface area contributed by atoms with Crippen LogP contribution in [0.3, 0.4) is 0 Å². The minimum Gasteiger partial charge on any atom is -0.454 e. The number of nitrogens with zero attached hydrogens (tertiary/aromatic N) is 2. The number of hydrogen-bond donors (Lipinski definition) is 1. The van der Waals surface area contributed by atoms with Crippen LogP contribution in [0.4, 0.5) is 0 Å². The highest BCUT2D eigenvalue weighted by molar-refractivity contribution is 5.98. The van der Waals surface area contributed by atoms with Gasteiger partial charge >= 0.3 is 5.97 Å². The van der Waals surface area contributed by atoms with E-state index in [0.717, 1.165) is 11.1 Å². The maximum atomic E-state index is 12.6. The molecule has 7 heteroatoms. The molecule has 1 aromatic heterocycles. The summed E-state index contributed by atoms with van der Waals surface area (Å²) in [7, 11) is 0. The van der Waals surface area contributed by atoms with Gasteiger partial charge in [-0.1, -0.05) is 50.2 Å². The van der Waals surface area contributed by atoms with Gasteiger partial charge in [0.05, 0.1) is 0 Å². The smallest absolute Gasteiger partial charge is 0.329 e. The van der Waals surface area contributed by atoms with Crippen molar-refractivity contribution in [2.45, 2.75) is 33.4 Å². The van der Waals surface area contributed by atoms with E-state index in [1.165, 1.54) is 0 Å². The lowest BCUT2D eigenvalue weighted by Crippen LogP contribution is -2.45. The molecule has 1 N–H and O–H groups in total. The fraction of sp³-hybridized carbons (Fsp3) is 0.273. The number of rotatable bonds is 7. The molecule has 150 valence electrons. The molecule has 0 radical (unpaired) electrons. The SMILES string of the molecule is Cc1ccccc1C(=O)N[C@H](C(=O)OCc1nnc(-c2ccccc2)o1)C(C)C. The third-order valence-electron chi connectivity index (χ3n) is 4.42. The first kappa shape index (κ1) is 20.3. The first-order valence-electron chi connectivity index (χ1n) is 9.36. The Labute approximate surface area is 169 Å². The highest BCUT2D eigenvalue weighted by atomic mass is 16.5. The first-order chi connectivity index (χ1) is 14.0. The number of aromatic nitrogens is 2. The summed E-state index contributed by atoms with van der Waals surface area (Å²) >= 11 is 0. The molecular formula is C22H23N3O4. The van der Waals surface area contributed by atoms with E-state index in [9.17, 15) is 9.59 Å². The quantitative estimate of drug-likeness (QED) is 0.617. The van der Waals surface area contributed by atoms with Crippen LogP contribution in [0.15, 0.2) is 59.0 Å². The average Bonchev–Trinajstić information content (AvgIpc) is 3.20. The van der Waals surface area contributed by atoms with Gasteiger partial charge in [-0.2, -0.15) is 0 Å². The molecule has 29 heavy (non-hydrogen) atoms. The van der Waals surface area contributed by atoms with E-state index in [4.69, 9.17) is 9.15 Å². The minimum atomic E-state index is -0.793. The normalized spacial score (nSPS) is 11.9. The molecule has 1 atom stereocenters. The zero-order chi connectivity index (χ0) is 20.8. The topological polar surface area (TPSA) is 94.3 Å². The van der Waals surface area contributed by atoms with Crippen LogP contribution in [0.1, 0.15) is 35.7 Å². The van der Waals surface area contributed by atoms with Crippen molar-refractivity contribution in [2.24, 2.45) is 5.92 Å². The third-order valence-corrected chi connectivity index (χ3v) is 4.42. The molecule has 7 nitrogen and oxygen atoms in total. The van der Waals surface area contributed by atoms with Gasteiger partial charge in [0.2, 0.25) is 5.89 Å². The van der Waals surface area contributed by atoms with Gasteiger partial charge in [-0.3, -0.25) is 4.79 Å². The molecule has 3 rings (SSSR count). The number of esters is 1. The summed E-state index contributed by atoms with van der Waals surface area (Å²) in [5.74, 6) is -0.489. The largest absolute Gasteiger partial charge is 0.454 e. The fourth-order valence-corrected chi connectivity index (χ4v) is 2.78. The molecule has 0 aliphatic rings. The number of carbonyl (C=O) groups excluding carboxylic acids is 2. The van der Waals surface area contributed by atoms with E-state index in [0.29, 0.717) is 11.5 Å². The Morgan fingerprint density at radius 3 is 2.41 bits per heavy atom. The number of hydrogen-bond acceptors (Lipinski definition) is 6. The average molecular weight is 393 g/mol. The molecule has 0 aliphatic heterocycles. The maximum absolute atomic E-state index is 12.6. The van der Waals surface area contributed by atoms with Gasteiger partial charge in [-0.05, 0) is 36.6 Å². The molecule has 0 saturated heterocycles. The molecule has 0 fully saturated rings. The second-order valence-electron chi connectivity index (χ2n) is 6.98. The Morgan fingerprint density at radius 1 is 1.03 bits per heavy atom. The van der Waals surface area contributed by atoms with Crippen LogP contribution in [0.25, 0.3) is 11.5 Å². The van der Waals surface area contributed by atoms with Crippen molar-refractivity contribution in [3.8, 4) is 11.5 Å². The van der Waals surface area contributed by atoms with Crippen molar-refractivity contribution >= 4 is 11.9 Å². The lowest BCUT2D eigenvalue weighted by Gasteiger charge is -2.21. The van der Waals surface area contributed by atoms with Gasteiger partial charge in [-0.15, -0.1) is 10.2 Å². The Morgan fingerprint density at radius 2 is 1.72 bits per heavy atom. The lowest BCUT2D eigenvalue weighted by atomic mass is 10.0. The Hall–Kier alpha value is -3.48. The van der Waals surface area contributed by atoms with Crippen molar-refractivity contribution in [3.05, 3.63) is 71.6 Å². The third kappa shape index (κ3) is 5.07. The molecule has 0 bridgehead atoms. The second-order valence-corrected chi connectivity index (χ2v) is 6.98. The zero-order valence-corrected chi connectivity index (χ0v) is 16.6. The number of aryl methyl sites for hydroxylation is 1. The summed E-state index contributed by atoms with van der Waals surface area (Å²) < 4.78 is 10.9. The van der Waals surface area contributed by atoms with Gasteiger partial charge in [0.25, 0.3) is 11.8 Å². The highest BCUT2D eigenvalue weighted by Crippen LogP contribution is 2.17. The van der Waals surface area contributed by atoms with Crippen molar-refractivity contribution < 1.29 is 18.7 Å². The summed E-state index contributed by atoms with van der Waals surface area (Å²) in [6.45, 7) is 5.36. The van der Waals surface area contributed by atoms with Crippen LogP contribution in [0, 0.1) is 12.8 Å². The van der Waals surface area contributed by atoms with Crippen LogP contribution in [-0.2, 0) is 16.1 Å². The van der Waals surface area contributed by atoms with Gasteiger partial charge < -0.3 is 14.5 Å². The van der Waals surface area contributed by atoms with Gasteiger partial charge in [0.1, 0.15) is 6.04 Å². The molecule has 0 saturated carbocycles. The van der Waals surface area contributed by atoms with Crippen molar-refractivity contribution in [1.29, 1.82) is 0 Å². The molecular weight excluding hydrogens is 370 g/mol. The molecule has 0 spiro atoms. The molecule has 1 heterocycles. The molecule has 1 amide bonds. The molecule has 0 aliphatic carbocycles. The monoisotopic (exact) mass is 393 g/mol. The van der Waals surface area contributed by atoms with Gasteiger partial charge in [-0.25, -0.2) is 4.79 Å². The Kier molecular flexibility index (Phi) is 6.39. The summed E-state index contributed by atoms with van der Waals surface area (Å²) in [6.07, 6.45) is 0. The van der Waals surface area contributed by atoms with Crippen LogP contribution < -0.4 is 5.32 Å². The Bertz CT molecular complexity index is 982. The number of ether oxygens (including phenoxy) is 1. The lowest BCUT2D eigenvalue weighted by molar-refractivity contribution is -0.149. The number of carbonyl (C=O) groups is 2. The van der Waals surface area contributed by atoms with Crippen LogP contribution in [0.5, 0.6) is 0 Å². The molecule has 0 unspecified atom stereocenters. The van der Waals surface area contributed by atoms with E-state index in [2.05, 4.69) is 15.5 Å². The Balaban J connectivity index is 1.62. The fourth-order valence-electron chi connectivity index (χ4n) is 2.78. The van der Waals surface area contributed by atoms with Gasteiger partial charge in [0, 0.05) is 11.1 Å². The summed E-state index contributed by atoms with van der Waals surface area (Å²) in [5.41, 5.74) is 2.14. The molecule has 3 aromatic rings. The second kappa shape index (κ2) is 9.14. The van der Waals surface area contributed by atoms with Crippen LogP contribution in [-0.4, -0.2) is 28.1 Å². The minimum absolute atomic E-state index is 0.155. The van der Waals surface area contributed by atoms with E-state index in [1.807, 2.05) is 63.2 Å². The zero-order valence-electron chi connectivity index (χ0n) is 16.6. The summed E-state index contributed by atoms with van der Waals surface area (Å²) in [5, 5.41) is 10.6. The first-order valence-corrected chi connectivity index (χ1v) is 9.36. The van der Waals surface area contributed by atoms with Crippen molar-refractivity contribution in [1.82, 2.24) is 15.5 Å². The molecule has 2 aromatic carbocycles. The summed E-state index contributed by atoms with van der Waals surface area (Å²) in [4.78, 5) is 25.1. The predicted octanol–water partition coefficient (Wildman–Crippen LogP) is 3.54. The van der Waals surface area contributed by atoms with E-state index in [-0.39, 0.29) is 24.3 Å². The highest BCUT2D eigenvalue weighted by Gasteiger charge is 2.27. The van der Waals surface area contributed by atoms with Crippen molar-refractivity contribution in [3.63, 3.8) is 0 Å². The summed E-state index contributed by atoms with van der Waals surface area (Å²) in [6, 6.07) is 15.7. The van der Waals surface area contributed by atoms with E-state index >= 15 is 0 Å². The number of amides is 1. The van der Waals surface area contributed by atoms with E-state index < -0.39 is 12.0 Å². The standard InChI is InChI=1S/C22H23N3O4/c1-14(2)19(23-20(26)17-12-8-7-9-15(17)3)22(27)28-13-18-24-25-21(29-18)16-10-5-4-6-11-16/h4-12,14,19H,13H2,1-3H3,(H,23,26)/t19-/m0/s1. The number of nitrogens with one attached hydrogen (secondary N) is 1. The maximum Gasteiger partial charge on any atom is 0.329 e. The van der Waals surface area contributed by atoms with E-state index in [1.54, 1.807) is 12.1 Å². The predicted molar refractivity (Wildman–Crippen MR) is 107 cm³/mol. The van der Waals surface area contributed by atoms with Crippen LogP contribution in [0.2, 0.25) is 0 Å². The van der Waals surface area contributed by atoms with Crippen molar-refractivity contribution in [2.75, 3.05) is 0 Å². The number of benzene rings is 2. The van der Waals surface area contributed by atoms with Crippen LogP contribution >= 0.6 is 0 Å².